The third-order valence-corrected chi connectivity index (χ3v) is 8.30. The number of phenols is 1. The lowest BCUT2D eigenvalue weighted by molar-refractivity contribution is -0.147. The minimum absolute atomic E-state index is 0.0879. The number of nitrogens with one attached hydrogen (secondary N) is 2. The summed E-state index contributed by atoms with van der Waals surface area (Å²) in [6, 6.07) is 10.8. The third kappa shape index (κ3) is 8.26. The number of aryl methyl sites for hydroxylation is 2. The van der Waals surface area contributed by atoms with Crippen molar-refractivity contribution < 1.29 is 24.2 Å². The predicted molar refractivity (Wildman–Crippen MR) is 163 cm³/mol. The molecule has 2 aliphatic carbocycles. The minimum atomic E-state index is -0.972. The first-order valence-electron chi connectivity index (χ1n) is 15.4. The summed E-state index contributed by atoms with van der Waals surface area (Å²) < 4.78 is 5.54. The van der Waals surface area contributed by atoms with Crippen molar-refractivity contribution in [1.82, 2.24) is 15.5 Å². The van der Waals surface area contributed by atoms with Crippen LogP contribution in [0.2, 0.25) is 0 Å². The highest BCUT2D eigenvalue weighted by molar-refractivity contribution is 5.93. The first-order valence-corrected chi connectivity index (χ1v) is 15.4. The smallest absolute Gasteiger partial charge is 0.408 e. The van der Waals surface area contributed by atoms with Crippen molar-refractivity contribution in [3.63, 3.8) is 0 Å². The molecule has 2 fully saturated rings. The van der Waals surface area contributed by atoms with Crippen LogP contribution < -0.4 is 10.6 Å². The number of amides is 3. The molecule has 0 radical (unpaired) electrons. The maximum absolute atomic E-state index is 14.7. The fourth-order valence-electron chi connectivity index (χ4n) is 5.88. The summed E-state index contributed by atoms with van der Waals surface area (Å²) in [6.07, 6.45) is 7.27. The molecule has 2 unspecified atom stereocenters. The van der Waals surface area contributed by atoms with E-state index in [0.29, 0.717) is 0 Å². The molecule has 0 bridgehead atoms. The van der Waals surface area contributed by atoms with Crippen LogP contribution in [0.5, 0.6) is 5.75 Å². The lowest BCUT2D eigenvalue weighted by atomic mass is 9.86. The number of ether oxygens (including phenoxy) is 1. The number of hydrogen-bond acceptors (Lipinski definition) is 5. The van der Waals surface area contributed by atoms with Gasteiger partial charge in [0.25, 0.3) is 0 Å². The summed E-state index contributed by atoms with van der Waals surface area (Å²) in [5.74, 6) is -0.368. The minimum Gasteiger partial charge on any atom is -0.508 e. The normalized spacial score (nSPS) is 17.5. The Balaban J connectivity index is 1.74. The molecule has 228 valence electrons. The number of phenolic OH excluding ortho intramolecular Hbond substituents is 1. The van der Waals surface area contributed by atoms with Crippen molar-refractivity contribution in [1.29, 1.82) is 0 Å². The van der Waals surface area contributed by atoms with Crippen molar-refractivity contribution >= 4 is 17.9 Å². The van der Waals surface area contributed by atoms with Gasteiger partial charge in [0.15, 0.2) is 0 Å². The SMILES string of the molecule is Cc1ccc(C)c(C(C(=O)NC2CCCCC2)N(C(=O)C(Cc2ccc(O)cc2)NC(=O)OC(C)(C)C)C2CCC2)c1. The number of benzene rings is 2. The fraction of sp³-hybridized carbons (Fsp3) is 0.559. The lowest BCUT2D eigenvalue weighted by Crippen LogP contribution is -2.58. The highest BCUT2D eigenvalue weighted by Gasteiger charge is 2.43. The first-order chi connectivity index (χ1) is 19.9. The molecule has 0 heterocycles. The first kappa shape index (κ1) is 31.4. The van der Waals surface area contributed by atoms with Crippen LogP contribution in [0.4, 0.5) is 4.79 Å². The molecule has 0 spiro atoms. The Kier molecular flexibility index (Phi) is 10.2. The molecule has 2 atom stereocenters. The van der Waals surface area contributed by atoms with Gasteiger partial charge in [-0.15, -0.1) is 0 Å². The van der Waals surface area contributed by atoms with E-state index in [9.17, 15) is 19.5 Å². The Bertz CT molecular complexity index is 1240. The van der Waals surface area contributed by atoms with E-state index in [0.717, 1.165) is 67.2 Å². The Morgan fingerprint density at radius 2 is 1.62 bits per heavy atom. The monoisotopic (exact) mass is 577 g/mol. The van der Waals surface area contributed by atoms with Crippen LogP contribution in [0, 0.1) is 13.8 Å². The topological polar surface area (TPSA) is 108 Å². The number of nitrogens with zero attached hydrogens (tertiary/aromatic N) is 1. The average molecular weight is 578 g/mol. The van der Waals surface area contributed by atoms with Gasteiger partial charge in [-0.1, -0.05) is 55.2 Å². The zero-order chi connectivity index (χ0) is 30.4. The van der Waals surface area contributed by atoms with E-state index < -0.39 is 23.8 Å². The summed E-state index contributed by atoms with van der Waals surface area (Å²) in [5, 5.41) is 15.9. The van der Waals surface area contributed by atoms with E-state index >= 15 is 0 Å². The van der Waals surface area contributed by atoms with E-state index in [1.165, 1.54) is 6.42 Å². The van der Waals surface area contributed by atoms with Gasteiger partial charge < -0.3 is 25.4 Å². The van der Waals surface area contributed by atoms with E-state index in [-0.39, 0.29) is 36.1 Å². The van der Waals surface area contributed by atoms with Gasteiger partial charge >= 0.3 is 6.09 Å². The van der Waals surface area contributed by atoms with Crippen molar-refractivity contribution in [2.45, 2.75) is 122 Å². The number of hydrogen-bond donors (Lipinski definition) is 3. The van der Waals surface area contributed by atoms with Crippen LogP contribution in [-0.2, 0) is 20.7 Å². The summed E-state index contributed by atoms with van der Waals surface area (Å²) >= 11 is 0. The second-order valence-corrected chi connectivity index (χ2v) is 13.0. The van der Waals surface area contributed by atoms with Gasteiger partial charge in [0, 0.05) is 18.5 Å². The predicted octanol–water partition coefficient (Wildman–Crippen LogP) is 6.02. The molecule has 2 aliphatic rings. The molecule has 3 N–H and O–H groups in total. The van der Waals surface area contributed by atoms with Crippen LogP contribution in [0.1, 0.15) is 100 Å². The molecule has 0 saturated heterocycles. The molecular formula is C34H47N3O5. The van der Waals surface area contributed by atoms with Gasteiger partial charge in [-0.2, -0.15) is 0 Å². The third-order valence-electron chi connectivity index (χ3n) is 8.30. The summed E-state index contributed by atoms with van der Waals surface area (Å²) in [5.41, 5.74) is 2.79. The maximum Gasteiger partial charge on any atom is 0.408 e. The van der Waals surface area contributed by atoms with Crippen molar-refractivity contribution in [2.75, 3.05) is 0 Å². The van der Waals surface area contributed by atoms with Gasteiger partial charge in [0.2, 0.25) is 11.8 Å². The molecule has 0 aromatic heterocycles. The Morgan fingerprint density at radius 1 is 0.952 bits per heavy atom. The molecule has 4 rings (SSSR count). The summed E-state index contributed by atoms with van der Waals surface area (Å²) in [6.45, 7) is 9.29. The number of aromatic hydroxyl groups is 1. The molecule has 2 aromatic rings. The van der Waals surface area contributed by atoms with Crippen molar-refractivity contribution in [3.05, 3.63) is 64.7 Å². The highest BCUT2D eigenvalue weighted by Crippen LogP contribution is 2.36. The van der Waals surface area contributed by atoms with Gasteiger partial charge in [-0.25, -0.2) is 4.79 Å². The fourth-order valence-corrected chi connectivity index (χ4v) is 5.88. The molecular weight excluding hydrogens is 530 g/mol. The average Bonchev–Trinajstić information content (AvgIpc) is 2.89. The van der Waals surface area contributed by atoms with Gasteiger partial charge in [-0.05, 0) is 95.5 Å². The van der Waals surface area contributed by atoms with Crippen LogP contribution in [0.3, 0.4) is 0 Å². The van der Waals surface area contributed by atoms with E-state index in [1.54, 1.807) is 49.9 Å². The zero-order valence-corrected chi connectivity index (χ0v) is 25.7. The molecule has 8 heteroatoms. The standard InChI is InChI=1S/C34H47N3O5/c1-22-14-15-23(2)28(20-22)30(31(39)35-25-10-7-6-8-11-25)37(26-12-9-13-26)32(40)29(36-33(41)42-34(3,4)5)21-24-16-18-27(38)19-17-24/h14-20,25-26,29-30,38H,6-13,21H2,1-5H3,(H,35,39)(H,36,41). The number of carbonyl (C=O) groups excluding carboxylic acids is 3. The molecule has 0 aliphatic heterocycles. The van der Waals surface area contributed by atoms with Gasteiger partial charge in [0.1, 0.15) is 23.4 Å². The molecule has 42 heavy (non-hydrogen) atoms. The Morgan fingerprint density at radius 3 is 2.21 bits per heavy atom. The quantitative estimate of drug-likeness (QED) is 0.338. The van der Waals surface area contributed by atoms with Gasteiger partial charge in [-0.3, -0.25) is 9.59 Å². The van der Waals surface area contributed by atoms with Crippen molar-refractivity contribution in [3.8, 4) is 5.75 Å². The van der Waals surface area contributed by atoms with Crippen LogP contribution in [0.15, 0.2) is 42.5 Å². The largest absolute Gasteiger partial charge is 0.508 e. The summed E-state index contributed by atoms with van der Waals surface area (Å²) in [7, 11) is 0. The van der Waals surface area contributed by atoms with E-state index in [2.05, 4.69) is 10.6 Å². The Hall–Kier alpha value is -3.55. The molecule has 2 aromatic carbocycles. The number of carbonyl (C=O) groups is 3. The van der Waals surface area contributed by atoms with Crippen molar-refractivity contribution in [2.24, 2.45) is 0 Å². The van der Waals surface area contributed by atoms with E-state index in [4.69, 9.17) is 4.74 Å². The second kappa shape index (κ2) is 13.6. The molecule has 3 amide bonds. The number of rotatable bonds is 9. The van der Waals surface area contributed by atoms with Crippen LogP contribution in [0.25, 0.3) is 0 Å². The van der Waals surface area contributed by atoms with E-state index in [1.807, 2.05) is 32.0 Å². The summed E-state index contributed by atoms with van der Waals surface area (Å²) in [4.78, 5) is 43.7. The molecule has 8 nitrogen and oxygen atoms in total. The Labute approximate surface area is 250 Å². The maximum atomic E-state index is 14.7. The molecule has 2 saturated carbocycles. The number of alkyl carbamates (subject to hydrolysis) is 1. The lowest BCUT2D eigenvalue weighted by Gasteiger charge is -2.44. The van der Waals surface area contributed by atoms with Gasteiger partial charge in [0.05, 0.1) is 0 Å². The highest BCUT2D eigenvalue weighted by atomic mass is 16.6. The van der Waals surface area contributed by atoms with Crippen LogP contribution in [-0.4, -0.2) is 51.6 Å². The second-order valence-electron chi connectivity index (χ2n) is 13.0. The van der Waals surface area contributed by atoms with Crippen LogP contribution >= 0.6 is 0 Å². The zero-order valence-electron chi connectivity index (χ0n) is 25.7.